The van der Waals surface area contributed by atoms with E-state index in [0.29, 0.717) is 6.29 Å². The van der Waals surface area contributed by atoms with Crippen LogP contribution in [0.15, 0.2) is 18.2 Å². The van der Waals surface area contributed by atoms with Gasteiger partial charge in [-0.15, -0.1) is 11.6 Å². The second-order valence-corrected chi connectivity index (χ2v) is 3.74. The zero-order chi connectivity index (χ0) is 11.4. The lowest BCUT2D eigenvalue weighted by molar-refractivity contribution is 0.0323. The summed E-state index contributed by atoms with van der Waals surface area (Å²) in [6.07, 6.45) is -1.83. The van der Waals surface area contributed by atoms with E-state index in [1.807, 2.05) is 0 Å². The molecular formula is C10H10Cl2O3. The maximum absolute atomic E-state index is 10.7. The summed E-state index contributed by atoms with van der Waals surface area (Å²) in [7, 11) is 0. The summed E-state index contributed by atoms with van der Waals surface area (Å²) in [5.41, 5.74) is 0.460. The summed E-state index contributed by atoms with van der Waals surface area (Å²) in [5, 5.41) is 19.3. The number of carbonyl (C=O) groups is 1. The Morgan fingerprint density at radius 3 is 2.60 bits per heavy atom. The van der Waals surface area contributed by atoms with Gasteiger partial charge in [0.15, 0.2) is 0 Å². The van der Waals surface area contributed by atoms with Crippen molar-refractivity contribution < 1.29 is 15.0 Å². The second-order valence-electron chi connectivity index (χ2n) is 3.03. The summed E-state index contributed by atoms with van der Waals surface area (Å²) < 4.78 is 0. The highest BCUT2D eigenvalue weighted by molar-refractivity contribution is 6.31. The minimum absolute atomic E-state index is 0.134. The molecule has 0 saturated heterocycles. The molecule has 0 aliphatic heterocycles. The van der Waals surface area contributed by atoms with Crippen molar-refractivity contribution in [2.24, 2.45) is 0 Å². The van der Waals surface area contributed by atoms with Crippen LogP contribution in [0.1, 0.15) is 22.0 Å². The topological polar surface area (TPSA) is 57.5 Å². The van der Waals surface area contributed by atoms with Crippen molar-refractivity contribution in [3.05, 3.63) is 34.3 Å². The zero-order valence-corrected chi connectivity index (χ0v) is 9.24. The van der Waals surface area contributed by atoms with E-state index in [4.69, 9.17) is 23.2 Å². The number of alkyl halides is 1. The number of carbonyl (C=O) groups excluding carboxylic acids is 1. The van der Waals surface area contributed by atoms with Gasteiger partial charge in [0.05, 0.1) is 12.0 Å². The fraction of sp³-hybridized carbons (Fsp3) is 0.300. The fourth-order valence-corrected chi connectivity index (χ4v) is 1.71. The average molecular weight is 249 g/mol. The predicted molar refractivity (Wildman–Crippen MR) is 58.5 cm³/mol. The summed E-state index contributed by atoms with van der Waals surface area (Å²) >= 11 is 11.2. The molecule has 0 saturated carbocycles. The van der Waals surface area contributed by atoms with Gasteiger partial charge < -0.3 is 10.2 Å². The molecule has 3 nitrogen and oxygen atoms in total. The predicted octanol–water partition coefficient (Wildman–Crippen LogP) is 1.79. The fourth-order valence-electron chi connectivity index (χ4n) is 1.25. The molecule has 0 fully saturated rings. The number of benzene rings is 1. The third-order valence-corrected chi connectivity index (χ3v) is 2.68. The summed E-state index contributed by atoms with van der Waals surface area (Å²) in [5.74, 6) is -0.134. The number of aliphatic hydroxyl groups excluding tert-OH is 2. The van der Waals surface area contributed by atoms with E-state index < -0.39 is 12.2 Å². The molecule has 5 heteroatoms. The van der Waals surface area contributed by atoms with Gasteiger partial charge in [-0.2, -0.15) is 0 Å². The van der Waals surface area contributed by atoms with Crippen LogP contribution in [0.5, 0.6) is 0 Å². The minimum atomic E-state index is -1.25. The van der Waals surface area contributed by atoms with Gasteiger partial charge in [0.25, 0.3) is 0 Å². The standard InChI is InChI=1S/C10H10Cl2O3/c11-4-8(14)10(15)9-6(5-13)2-1-3-7(9)12/h1-3,5,8,10,14-15H,4H2. The quantitative estimate of drug-likeness (QED) is 0.631. The van der Waals surface area contributed by atoms with Crippen LogP contribution in [-0.4, -0.2) is 28.5 Å². The smallest absolute Gasteiger partial charge is 0.150 e. The van der Waals surface area contributed by atoms with Crippen molar-refractivity contribution in [2.45, 2.75) is 12.2 Å². The van der Waals surface area contributed by atoms with Gasteiger partial charge in [0.1, 0.15) is 12.4 Å². The zero-order valence-electron chi connectivity index (χ0n) is 7.73. The Hall–Kier alpha value is -0.610. The van der Waals surface area contributed by atoms with Gasteiger partial charge in [-0.3, -0.25) is 4.79 Å². The molecule has 0 bridgehead atoms. The SMILES string of the molecule is O=Cc1cccc(Cl)c1C(O)C(O)CCl. The normalized spacial score (nSPS) is 14.7. The van der Waals surface area contributed by atoms with Crippen LogP contribution in [0.2, 0.25) is 5.02 Å². The van der Waals surface area contributed by atoms with Crippen molar-refractivity contribution >= 4 is 29.5 Å². The number of hydrogen-bond donors (Lipinski definition) is 2. The number of rotatable bonds is 4. The van der Waals surface area contributed by atoms with Crippen molar-refractivity contribution in [3.63, 3.8) is 0 Å². The molecule has 15 heavy (non-hydrogen) atoms. The van der Waals surface area contributed by atoms with Gasteiger partial charge in [-0.1, -0.05) is 23.7 Å². The molecule has 2 N–H and O–H groups in total. The third-order valence-electron chi connectivity index (χ3n) is 2.03. The number of hydrogen-bond acceptors (Lipinski definition) is 3. The van der Waals surface area contributed by atoms with Crippen molar-refractivity contribution in [3.8, 4) is 0 Å². The Morgan fingerprint density at radius 2 is 2.07 bits per heavy atom. The Kier molecular flexibility index (Phi) is 4.54. The number of aldehydes is 1. The molecule has 0 amide bonds. The molecule has 0 spiro atoms. The van der Waals surface area contributed by atoms with Gasteiger partial charge in [0.2, 0.25) is 0 Å². The first-order valence-corrected chi connectivity index (χ1v) is 5.18. The first kappa shape index (κ1) is 12.5. The van der Waals surface area contributed by atoms with Crippen LogP contribution in [0.25, 0.3) is 0 Å². The first-order valence-electron chi connectivity index (χ1n) is 4.27. The van der Waals surface area contributed by atoms with Crippen molar-refractivity contribution in [1.29, 1.82) is 0 Å². The molecule has 82 valence electrons. The summed E-state index contributed by atoms with van der Waals surface area (Å²) in [4.78, 5) is 10.7. The average Bonchev–Trinajstić information content (AvgIpc) is 2.26. The van der Waals surface area contributed by atoms with Gasteiger partial charge in [-0.05, 0) is 6.07 Å². The van der Waals surface area contributed by atoms with Gasteiger partial charge in [-0.25, -0.2) is 0 Å². The monoisotopic (exact) mass is 248 g/mol. The van der Waals surface area contributed by atoms with E-state index >= 15 is 0 Å². The van der Waals surface area contributed by atoms with Crippen LogP contribution < -0.4 is 0 Å². The van der Waals surface area contributed by atoms with Gasteiger partial charge >= 0.3 is 0 Å². The molecule has 2 atom stereocenters. The molecule has 1 aromatic carbocycles. The lowest BCUT2D eigenvalue weighted by Crippen LogP contribution is -2.21. The number of aliphatic hydroxyl groups is 2. The highest BCUT2D eigenvalue weighted by Crippen LogP contribution is 2.28. The Balaban J connectivity index is 3.16. The van der Waals surface area contributed by atoms with E-state index in [-0.39, 0.29) is 22.0 Å². The molecule has 0 radical (unpaired) electrons. The van der Waals surface area contributed by atoms with Crippen LogP contribution >= 0.6 is 23.2 Å². The second kappa shape index (κ2) is 5.47. The molecule has 0 aliphatic rings. The van der Waals surface area contributed by atoms with E-state index in [9.17, 15) is 15.0 Å². The molecule has 1 rings (SSSR count). The molecule has 0 heterocycles. The lowest BCUT2D eigenvalue weighted by Gasteiger charge is -2.18. The molecule has 2 unspecified atom stereocenters. The highest BCUT2D eigenvalue weighted by Gasteiger charge is 2.22. The summed E-state index contributed by atoms with van der Waals surface area (Å²) in [6, 6.07) is 4.64. The van der Waals surface area contributed by atoms with Crippen LogP contribution in [-0.2, 0) is 0 Å². The minimum Gasteiger partial charge on any atom is -0.389 e. The molecule has 0 aliphatic carbocycles. The van der Waals surface area contributed by atoms with Crippen LogP contribution in [0.4, 0.5) is 0 Å². The van der Waals surface area contributed by atoms with Crippen LogP contribution in [0.3, 0.4) is 0 Å². The highest BCUT2D eigenvalue weighted by atomic mass is 35.5. The third kappa shape index (κ3) is 2.69. The van der Waals surface area contributed by atoms with Crippen molar-refractivity contribution in [1.82, 2.24) is 0 Å². The Morgan fingerprint density at radius 1 is 1.40 bits per heavy atom. The molecule has 0 aromatic heterocycles. The Labute approximate surface area is 97.2 Å². The maximum Gasteiger partial charge on any atom is 0.150 e. The Bertz CT molecular complexity index is 355. The first-order chi connectivity index (χ1) is 7.11. The molecule has 1 aromatic rings. The maximum atomic E-state index is 10.7. The summed E-state index contributed by atoms with van der Waals surface area (Å²) in [6.45, 7) is 0. The van der Waals surface area contributed by atoms with E-state index in [1.54, 1.807) is 6.07 Å². The molecular weight excluding hydrogens is 239 g/mol. The largest absolute Gasteiger partial charge is 0.389 e. The van der Waals surface area contributed by atoms with Crippen molar-refractivity contribution in [2.75, 3.05) is 5.88 Å². The van der Waals surface area contributed by atoms with E-state index in [2.05, 4.69) is 0 Å². The number of halogens is 2. The van der Waals surface area contributed by atoms with E-state index in [1.165, 1.54) is 12.1 Å². The van der Waals surface area contributed by atoms with E-state index in [0.717, 1.165) is 0 Å². The van der Waals surface area contributed by atoms with Gasteiger partial charge in [0, 0.05) is 16.1 Å². The van der Waals surface area contributed by atoms with Crippen LogP contribution in [0, 0.1) is 0 Å². The lowest BCUT2D eigenvalue weighted by atomic mass is 10.00.